The molecule has 1 unspecified atom stereocenters. The summed E-state index contributed by atoms with van der Waals surface area (Å²) < 4.78 is 11.0. The van der Waals surface area contributed by atoms with Gasteiger partial charge in [-0.1, -0.05) is 30.3 Å². The second kappa shape index (κ2) is 16.1. The Labute approximate surface area is 228 Å². The summed E-state index contributed by atoms with van der Waals surface area (Å²) in [6.07, 6.45) is 0.522. The number of nitrogens with zero attached hydrogens (tertiary/aromatic N) is 2. The lowest BCUT2D eigenvalue weighted by Crippen LogP contribution is -2.50. The third-order valence-corrected chi connectivity index (χ3v) is 5.92. The van der Waals surface area contributed by atoms with Gasteiger partial charge in [-0.05, 0) is 37.1 Å². The molecule has 1 saturated heterocycles. The zero-order valence-electron chi connectivity index (χ0n) is 22.5. The Morgan fingerprint density at radius 1 is 0.897 bits per heavy atom. The quantitative estimate of drug-likeness (QED) is 0.310. The summed E-state index contributed by atoms with van der Waals surface area (Å²) in [5, 5.41) is 29.0. The molecule has 1 heterocycles. The number of carboxylic acid groups (broad SMARTS) is 2. The second-order valence-corrected chi connectivity index (χ2v) is 9.02. The number of rotatable bonds is 11. The third kappa shape index (κ3) is 11.6. The first-order valence-electron chi connectivity index (χ1n) is 12.5. The Kier molecular flexibility index (Phi) is 12.9. The first kappa shape index (κ1) is 31.3. The smallest absolute Gasteiger partial charge is 0.328 e. The van der Waals surface area contributed by atoms with E-state index in [4.69, 9.17) is 19.7 Å². The second-order valence-electron chi connectivity index (χ2n) is 9.02. The van der Waals surface area contributed by atoms with E-state index in [0.29, 0.717) is 36.7 Å². The number of aryl methyl sites for hydroxylation is 2. The van der Waals surface area contributed by atoms with Crippen molar-refractivity contribution in [3.63, 3.8) is 0 Å². The van der Waals surface area contributed by atoms with E-state index in [2.05, 4.69) is 15.1 Å². The Bertz CT molecular complexity index is 1090. The first-order valence-corrected chi connectivity index (χ1v) is 12.5. The van der Waals surface area contributed by atoms with E-state index in [9.17, 15) is 19.5 Å². The van der Waals surface area contributed by atoms with Gasteiger partial charge in [-0.2, -0.15) is 0 Å². The van der Waals surface area contributed by atoms with Gasteiger partial charge >= 0.3 is 11.9 Å². The van der Waals surface area contributed by atoms with E-state index in [1.54, 1.807) is 7.11 Å². The highest BCUT2D eigenvalue weighted by Crippen LogP contribution is 2.25. The molecule has 2 aromatic rings. The summed E-state index contributed by atoms with van der Waals surface area (Å²) >= 11 is 0. The molecule has 11 nitrogen and oxygen atoms in total. The summed E-state index contributed by atoms with van der Waals surface area (Å²) in [6, 6.07) is 13.4. The monoisotopic (exact) mass is 543 g/mol. The number of amides is 1. The number of hydrogen-bond donors (Lipinski definition) is 4. The fourth-order valence-electron chi connectivity index (χ4n) is 3.94. The van der Waals surface area contributed by atoms with E-state index in [1.807, 2.05) is 56.3 Å². The number of aliphatic carboxylic acids is 2. The predicted octanol–water partition coefficient (Wildman–Crippen LogP) is 2.02. The lowest BCUT2D eigenvalue weighted by atomic mass is 10.1. The van der Waals surface area contributed by atoms with Gasteiger partial charge in [0.2, 0.25) is 5.91 Å². The molecular formula is C28H37N3O8. The molecule has 1 aliphatic heterocycles. The molecule has 3 rings (SSSR count). The maximum absolute atomic E-state index is 12.5. The fourth-order valence-corrected chi connectivity index (χ4v) is 3.94. The van der Waals surface area contributed by atoms with Gasteiger partial charge in [0.05, 0.1) is 13.7 Å². The number of methoxy groups -OCH3 is 1. The molecule has 11 heteroatoms. The summed E-state index contributed by atoms with van der Waals surface area (Å²) in [5.41, 5.74) is 3.05. The maximum atomic E-state index is 12.5. The number of β-amino-alcohol motifs (C(OH)–C–C–N with tert-alkyl or cyclic N) is 1. The van der Waals surface area contributed by atoms with Crippen molar-refractivity contribution in [1.29, 1.82) is 0 Å². The molecule has 212 valence electrons. The topological polar surface area (TPSA) is 149 Å². The summed E-state index contributed by atoms with van der Waals surface area (Å²) in [7, 11) is 1.60. The molecule has 1 fully saturated rings. The molecule has 0 bridgehead atoms. The predicted molar refractivity (Wildman–Crippen MR) is 146 cm³/mol. The Morgan fingerprint density at radius 3 is 1.97 bits per heavy atom. The van der Waals surface area contributed by atoms with Gasteiger partial charge in [-0.15, -0.1) is 0 Å². The molecule has 1 atom stereocenters. The zero-order chi connectivity index (χ0) is 28.8. The van der Waals surface area contributed by atoms with Crippen molar-refractivity contribution in [1.82, 2.24) is 9.80 Å². The highest BCUT2D eigenvalue weighted by molar-refractivity contribution is 5.93. The summed E-state index contributed by atoms with van der Waals surface area (Å²) in [6.45, 7) is 8.33. The van der Waals surface area contributed by atoms with Crippen LogP contribution < -0.4 is 14.8 Å². The minimum atomic E-state index is -1.26. The zero-order valence-corrected chi connectivity index (χ0v) is 22.5. The van der Waals surface area contributed by atoms with Crippen LogP contribution in [0.25, 0.3) is 0 Å². The molecule has 1 amide bonds. The van der Waals surface area contributed by atoms with Gasteiger partial charge in [0.1, 0.15) is 12.7 Å². The number of carbonyl (C=O) groups excluding carboxylic acids is 1. The van der Waals surface area contributed by atoms with Gasteiger partial charge < -0.3 is 30.1 Å². The van der Waals surface area contributed by atoms with Crippen LogP contribution in [-0.2, 0) is 14.4 Å². The third-order valence-electron chi connectivity index (χ3n) is 5.92. The number of carboxylic acids is 2. The molecule has 4 N–H and O–H groups in total. The average molecular weight is 544 g/mol. The van der Waals surface area contributed by atoms with Gasteiger partial charge in [0.25, 0.3) is 0 Å². The van der Waals surface area contributed by atoms with E-state index < -0.39 is 18.0 Å². The van der Waals surface area contributed by atoms with Crippen LogP contribution in [0.2, 0.25) is 0 Å². The maximum Gasteiger partial charge on any atom is 0.328 e. The fraction of sp³-hybridized carbons (Fsp3) is 0.393. The van der Waals surface area contributed by atoms with Crippen molar-refractivity contribution in [2.45, 2.75) is 20.0 Å². The molecule has 0 spiro atoms. The molecule has 0 aromatic heterocycles. The van der Waals surface area contributed by atoms with Crippen LogP contribution in [0, 0.1) is 13.8 Å². The molecule has 2 aromatic carbocycles. The molecule has 0 radical (unpaired) electrons. The van der Waals surface area contributed by atoms with Crippen LogP contribution in [0.5, 0.6) is 11.5 Å². The SMILES string of the molecule is COc1ccccc1OCC(O)CN1CCN(CC(=O)Nc2c(C)cccc2C)CC1.O=C(O)C=CC(=O)O. The highest BCUT2D eigenvalue weighted by Gasteiger charge is 2.21. The van der Waals surface area contributed by atoms with Crippen molar-refractivity contribution in [2.75, 3.05) is 58.3 Å². The number of piperazine rings is 1. The van der Waals surface area contributed by atoms with E-state index >= 15 is 0 Å². The van der Waals surface area contributed by atoms with Gasteiger partial charge in [0.15, 0.2) is 11.5 Å². The number of ether oxygens (including phenoxy) is 2. The number of hydrogen-bond acceptors (Lipinski definition) is 8. The Morgan fingerprint density at radius 2 is 1.44 bits per heavy atom. The lowest BCUT2D eigenvalue weighted by molar-refractivity contribution is -0.134. The van der Waals surface area contributed by atoms with Crippen molar-refractivity contribution < 1.29 is 39.2 Å². The van der Waals surface area contributed by atoms with E-state index in [0.717, 1.165) is 43.0 Å². The lowest BCUT2D eigenvalue weighted by Gasteiger charge is -2.35. The molecule has 0 aliphatic carbocycles. The van der Waals surface area contributed by atoms with Crippen LogP contribution in [-0.4, -0.2) is 102 Å². The van der Waals surface area contributed by atoms with Crippen molar-refractivity contribution >= 4 is 23.5 Å². The summed E-state index contributed by atoms with van der Waals surface area (Å²) in [4.78, 5) is 35.9. The minimum absolute atomic E-state index is 0.0103. The van der Waals surface area contributed by atoms with Crippen molar-refractivity contribution in [3.8, 4) is 11.5 Å². The van der Waals surface area contributed by atoms with Crippen molar-refractivity contribution in [3.05, 3.63) is 65.7 Å². The standard InChI is InChI=1S/C24H33N3O4.C4H4O4/c1-18-7-6-8-19(2)24(18)25-23(29)16-27-13-11-26(12-14-27)15-20(28)17-31-22-10-5-4-9-21(22)30-3;5-3(6)1-2-4(7)8/h4-10,20,28H,11-17H2,1-3H3,(H,25,29);1-2H,(H,5,6)(H,7,8). The van der Waals surface area contributed by atoms with Gasteiger partial charge in [-0.25, -0.2) is 9.59 Å². The number of aliphatic hydroxyl groups is 1. The van der Waals surface area contributed by atoms with Crippen molar-refractivity contribution in [2.24, 2.45) is 0 Å². The van der Waals surface area contributed by atoms with Crippen LogP contribution in [0.4, 0.5) is 5.69 Å². The highest BCUT2D eigenvalue weighted by atomic mass is 16.5. The Balaban J connectivity index is 0.000000580. The number of carbonyl (C=O) groups is 3. The molecular weight excluding hydrogens is 506 g/mol. The van der Waals surface area contributed by atoms with E-state index in [1.165, 1.54) is 0 Å². The van der Waals surface area contributed by atoms with Crippen LogP contribution in [0.1, 0.15) is 11.1 Å². The minimum Gasteiger partial charge on any atom is -0.493 e. The van der Waals surface area contributed by atoms with Gasteiger partial charge in [-0.3, -0.25) is 14.6 Å². The van der Waals surface area contributed by atoms with E-state index in [-0.39, 0.29) is 12.5 Å². The number of nitrogens with one attached hydrogen (secondary N) is 1. The van der Waals surface area contributed by atoms with Gasteiger partial charge in [0, 0.05) is 50.6 Å². The number of benzene rings is 2. The van der Waals surface area contributed by atoms with Crippen LogP contribution in [0.15, 0.2) is 54.6 Å². The Hall–Kier alpha value is -3.93. The molecule has 39 heavy (non-hydrogen) atoms. The normalized spacial score (nSPS) is 14.7. The number of aliphatic hydroxyl groups excluding tert-OH is 1. The first-order chi connectivity index (χ1) is 18.6. The van der Waals surface area contributed by atoms with Crippen LogP contribution in [0.3, 0.4) is 0 Å². The molecule has 0 saturated carbocycles. The summed E-state index contributed by atoms with van der Waals surface area (Å²) in [5.74, 6) is -1.22. The number of para-hydroxylation sites is 3. The average Bonchev–Trinajstić information content (AvgIpc) is 2.90. The largest absolute Gasteiger partial charge is 0.493 e. The molecule has 1 aliphatic rings. The number of anilines is 1. The van der Waals surface area contributed by atoms with Crippen LogP contribution >= 0.6 is 0 Å².